The van der Waals surface area contributed by atoms with Crippen LogP contribution in [0.1, 0.15) is 26.2 Å². The molecule has 126 valence electrons. The molecule has 23 heavy (non-hydrogen) atoms. The molecule has 0 spiro atoms. The fourth-order valence-electron chi connectivity index (χ4n) is 2.74. The Morgan fingerprint density at radius 1 is 1.30 bits per heavy atom. The summed E-state index contributed by atoms with van der Waals surface area (Å²) in [6.07, 6.45) is 1.28. The zero-order valence-electron chi connectivity index (χ0n) is 13.7. The van der Waals surface area contributed by atoms with Gasteiger partial charge in [-0.15, -0.1) is 0 Å². The Hall–Kier alpha value is -2.24. The van der Waals surface area contributed by atoms with Gasteiger partial charge in [0.1, 0.15) is 11.5 Å². The Bertz CT molecular complexity index is 553. The molecule has 1 atom stereocenters. The summed E-state index contributed by atoms with van der Waals surface area (Å²) in [5, 5.41) is 0. The molecule has 1 aliphatic heterocycles. The van der Waals surface area contributed by atoms with E-state index in [9.17, 15) is 9.59 Å². The van der Waals surface area contributed by atoms with E-state index in [1.165, 1.54) is 0 Å². The molecule has 0 saturated carbocycles. The monoisotopic (exact) mass is 320 g/mol. The number of piperidine rings is 1. The van der Waals surface area contributed by atoms with Gasteiger partial charge in [0, 0.05) is 25.1 Å². The van der Waals surface area contributed by atoms with Gasteiger partial charge in [-0.1, -0.05) is 13.0 Å². The first-order valence-corrected chi connectivity index (χ1v) is 7.94. The number of likely N-dealkylation sites (tertiary alicyclic amines) is 1. The van der Waals surface area contributed by atoms with Gasteiger partial charge in [0.15, 0.2) is 6.10 Å². The summed E-state index contributed by atoms with van der Waals surface area (Å²) in [4.78, 5) is 25.6. The van der Waals surface area contributed by atoms with Crippen molar-refractivity contribution in [2.45, 2.75) is 32.3 Å². The van der Waals surface area contributed by atoms with Crippen molar-refractivity contribution in [1.82, 2.24) is 4.90 Å². The molecule has 2 amide bonds. The lowest BCUT2D eigenvalue weighted by atomic mass is 9.96. The molecular weight excluding hydrogens is 296 g/mol. The first-order valence-electron chi connectivity index (χ1n) is 7.94. The van der Waals surface area contributed by atoms with E-state index in [2.05, 4.69) is 0 Å². The molecule has 0 unspecified atom stereocenters. The summed E-state index contributed by atoms with van der Waals surface area (Å²) in [5.74, 6) is 0.845. The van der Waals surface area contributed by atoms with E-state index in [-0.39, 0.29) is 17.7 Å². The van der Waals surface area contributed by atoms with Gasteiger partial charge >= 0.3 is 0 Å². The Balaban J connectivity index is 1.97. The predicted octanol–water partition coefficient (Wildman–Crippen LogP) is 1.58. The maximum Gasteiger partial charge on any atom is 0.263 e. The lowest BCUT2D eigenvalue weighted by Gasteiger charge is -2.33. The normalized spacial score (nSPS) is 16.7. The number of rotatable bonds is 6. The molecule has 0 bridgehead atoms. The van der Waals surface area contributed by atoms with Crippen LogP contribution < -0.4 is 15.2 Å². The van der Waals surface area contributed by atoms with Crippen LogP contribution >= 0.6 is 0 Å². The number of ether oxygens (including phenoxy) is 2. The summed E-state index contributed by atoms with van der Waals surface area (Å²) in [6, 6.07) is 7.21. The van der Waals surface area contributed by atoms with E-state index in [0.717, 1.165) is 0 Å². The fraction of sp³-hybridized carbons (Fsp3) is 0.529. The van der Waals surface area contributed by atoms with Crippen molar-refractivity contribution in [2.24, 2.45) is 11.7 Å². The van der Waals surface area contributed by atoms with Gasteiger partial charge in [0.25, 0.3) is 5.91 Å². The Morgan fingerprint density at radius 3 is 2.52 bits per heavy atom. The van der Waals surface area contributed by atoms with E-state index in [4.69, 9.17) is 15.2 Å². The van der Waals surface area contributed by atoms with Crippen LogP contribution in [0.25, 0.3) is 0 Å². The quantitative estimate of drug-likeness (QED) is 0.862. The Kier molecular flexibility index (Phi) is 5.84. The van der Waals surface area contributed by atoms with Gasteiger partial charge in [-0.3, -0.25) is 9.59 Å². The molecule has 6 nitrogen and oxygen atoms in total. The number of hydrogen-bond acceptors (Lipinski definition) is 4. The number of carbonyl (C=O) groups excluding carboxylic acids is 2. The molecule has 0 radical (unpaired) electrons. The van der Waals surface area contributed by atoms with E-state index in [1.807, 2.05) is 19.1 Å². The number of methoxy groups -OCH3 is 1. The van der Waals surface area contributed by atoms with Gasteiger partial charge in [0.2, 0.25) is 5.91 Å². The predicted molar refractivity (Wildman–Crippen MR) is 86.2 cm³/mol. The summed E-state index contributed by atoms with van der Waals surface area (Å²) in [5.41, 5.74) is 5.33. The van der Waals surface area contributed by atoms with Crippen LogP contribution in [-0.4, -0.2) is 43.0 Å². The molecule has 0 aliphatic carbocycles. The van der Waals surface area contributed by atoms with Crippen molar-refractivity contribution >= 4 is 11.8 Å². The second-order valence-corrected chi connectivity index (χ2v) is 5.70. The highest BCUT2D eigenvalue weighted by molar-refractivity contribution is 5.82. The Morgan fingerprint density at radius 2 is 1.96 bits per heavy atom. The third-order valence-corrected chi connectivity index (χ3v) is 4.17. The van der Waals surface area contributed by atoms with Gasteiger partial charge in [0.05, 0.1) is 7.11 Å². The molecule has 6 heteroatoms. The number of primary amides is 1. The van der Waals surface area contributed by atoms with E-state index < -0.39 is 6.10 Å². The number of benzene rings is 1. The average molecular weight is 320 g/mol. The van der Waals surface area contributed by atoms with E-state index in [1.54, 1.807) is 24.1 Å². The van der Waals surface area contributed by atoms with Gasteiger partial charge < -0.3 is 20.1 Å². The van der Waals surface area contributed by atoms with Crippen LogP contribution in [0.3, 0.4) is 0 Å². The largest absolute Gasteiger partial charge is 0.497 e. The number of nitrogens with zero attached hydrogens (tertiary/aromatic N) is 1. The van der Waals surface area contributed by atoms with Crippen LogP contribution in [0.2, 0.25) is 0 Å². The minimum atomic E-state index is -0.535. The van der Waals surface area contributed by atoms with Crippen LogP contribution in [0.5, 0.6) is 11.5 Å². The SMILES string of the molecule is CC[C@@H](Oc1cccc(OC)c1)C(=O)N1CCC(C(N)=O)CC1. The fourth-order valence-corrected chi connectivity index (χ4v) is 2.74. The van der Waals surface area contributed by atoms with Gasteiger partial charge in [-0.05, 0) is 31.4 Å². The maximum atomic E-state index is 12.6. The maximum absolute atomic E-state index is 12.6. The van der Waals surface area contributed by atoms with Crippen molar-refractivity contribution in [3.05, 3.63) is 24.3 Å². The van der Waals surface area contributed by atoms with E-state index >= 15 is 0 Å². The Labute approximate surface area is 136 Å². The second-order valence-electron chi connectivity index (χ2n) is 5.70. The molecule has 1 aromatic carbocycles. The standard InChI is InChI=1S/C17H24N2O4/c1-3-15(23-14-6-4-5-13(11-14)22-2)17(21)19-9-7-12(8-10-19)16(18)20/h4-6,11-12,15H,3,7-10H2,1-2H3,(H2,18,20)/t15-/m1/s1. The van der Waals surface area contributed by atoms with Crippen molar-refractivity contribution in [3.8, 4) is 11.5 Å². The number of hydrogen-bond donors (Lipinski definition) is 1. The first kappa shape index (κ1) is 17.1. The molecule has 1 heterocycles. The molecule has 1 fully saturated rings. The lowest BCUT2D eigenvalue weighted by molar-refractivity contribution is -0.141. The summed E-state index contributed by atoms with van der Waals surface area (Å²) >= 11 is 0. The highest BCUT2D eigenvalue weighted by atomic mass is 16.5. The summed E-state index contributed by atoms with van der Waals surface area (Å²) in [6.45, 7) is 3.01. The first-order chi connectivity index (χ1) is 11.0. The zero-order chi connectivity index (χ0) is 16.8. The van der Waals surface area contributed by atoms with Crippen molar-refractivity contribution in [1.29, 1.82) is 0 Å². The second kappa shape index (κ2) is 7.85. The summed E-state index contributed by atoms with van der Waals surface area (Å²) < 4.78 is 11.0. The van der Waals surface area contributed by atoms with Crippen molar-refractivity contribution in [3.63, 3.8) is 0 Å². The smallest absolute Gasteiger partial charge is 0.263 e. The molecular formula is C17H24N2O4. The lowest BCUT2D eigenvalue weighted by Crippen LogP contribution is -2.47. The summed E-state index contributed by atoms with van der Waals surface area (Å²) in [7, 11) is 1.59. The van der Waals surface area contributed by atoms with Gasteiger partial charge in [-0.2, -0.15) is 0 Å². The third kappa shape index (κ3) is 4.37. The highest BCUT2D eigenvalue weighted by Crippen LogP contribution is 2.23. The van der Waals surface area contributed by atoms with Crippen LogP contribution in [0.4, 0.5) is 0 Å². The van der Waals surface area contributed by atoms with Crippen LogP contribution in [0.15, 0.2) is 24.3 Å². The van der Waals surface area contributed by atoms with Gasteiger partial charge in [-0.25, -0.2) is 0 Å². The molecule has 2 rings (SSSR count). The van der Waals surface area contributed by atoms with Crippen LogP contribution in [0, 0.1) is 5.92 Å². The van der Waals surface area contributed by atoms with Crippen molar-refractivity contribution < 1.29 is 19.1 Å². The molecule has 1 aromatic rings. The molecule has 0 aromatic heterocycles. The van der Waals surface area contributed by atoms with Crippen LogP contribution in [-0.2, 0) is 9.59 Å². The minimum Gasteiger partial charge on any atom is -0.497 e. The molecule has 2 N–H and O–H groups in total. The van der Waals surface area contributed by atoms with E-state index in [0.29, 0.717) is 43.9 Å². The van der Waals surface area contributed by atoms with Crippen molar-refractivity contribution in [2.75, 3.05) is 20.2 Å². The minimum absolute atomic E-state index is 0.0433. The third-order valence-electron chi connectivity index (χ3n) is 4.17. The molecule has 1 saturated heterocycles. The highest BCUT2D eigenvalue weighted by Gasteiger charge is 2.30. The zero-order valence-corrected chi connectivity index (χ0v) is 13.7. The number of carbonyl (C=O) groups is 2. The number of amides is 2. The molecule has 1 aliphatic rings. The average Bonchev–Trinajstić information content (AvgIpc) is 2.59. The topological polar surface area (TPSA) is 81.9 Å². The number of nitrogens with two attached hydrogens (primary N) is 1.